The molecule has 2 nitrogen and oxygen atoms in total. The topological polar surface area (TPSA) is 25.2 Å². The van der Waals surface area contributed by atoms with Gasteiger partial charge in [-0.2, -0.15) is 0 Å². The van der Waals surface area contributed by atoms with E-state index in [1.165, 1.54) is 6.07 Å². The van der Waals surface area contributed by atoms with Crippen molar-refractivity contribution in [1.82, 2.24) is 5.32 Å². The van der Waals surface area contributed by atoms with Crippen LogP contribution in [0.3, 0.4) is 0 Å². The van der Waals surface area contributed by atoms with Crippen LogP contribution in [0.1, 0.15) is 11.3 Å². The van der Waals surface area contributed by atoms with Gasteiger partial charge in [-0.1, -0.05) is 41.4 Å². The van der Waals surface area contributed by atoms with Crippen molar-refractivity contribution in [1.29, 1.82) is 0 Å². The molecule has 132 valence electrons. The third-order valence-electron chi connectivity index (χ3n) is 3.69. The summed E-state index contributed by atoms with van der Waals surface area (Å²) in [6, 6.07) is 15.7. The van der Waals surface area contributed by atoms with Gasteiger partial charge in [0.1, 0.15) is 17.3 Å². The smallest absolute Gasteiger partial charge is 0.137 e. The average molecular weight is 401 g/mol. The van der Waals surface area contributed by atoms with Crippen LogP contribution < -0.4 is 5.32 Å². The minimum Gasteiger partial charge on any atom is -0.460 e. The van der Waals surface area contributed by atoms with Crippen molar-refractivity contribution >= 4 is 35.6 Å². The maximum absolute atomic E-state index is 13.7. The van der Waals surface area contributed by atoms with Gasteiger partial charge in [-0.25, -0.2) is 4.39 Å². The van der Waals surface area contributed by atoms with Crippen molar-refractivity contribution in [2.75, 3.05) is 6.54 Å². The van der Waals surface area contributed by atoms with Crippen LogP contribution in [0.4, 0.5) is 4.39 Å². The molecular weight excluding hydrogens is 384 g/mol. The van der Waals surface area contributed by atoms with E-state index in [0.717, 1.165) is 24.3 Å². The maximum Gasteiger partial charge on any atom is 0.137 e. The Balaban J connectivity index is 0.00000225. The van der Waals surface area contributed by atoms with Crippen LogP contribution >= 0.6 is 35.6 Å². The fraction of sp³-hybridized carbons (Fsp3) is 0.158. The largest absolute Gasteiger partial charge is 0.460 e. The Morgan fingerprint density at radius 3 is 2.56 bits per heavy atom. The molecule has 0 saturated heterocycles. The molecule has 0 amide bonds. The van der Waals surface area contributed by atoms with Gasteiger partial charge in [0.2, 0.25) is 0 Å². The van der Waals surface area contributed by atoms with Gasteiger partial charge in [-0.05, 0) is 54.9 Å². The molecule has 0 unspecified atom stereocenters. The highest BCUT2D eigenvalue weighted by atomic mass is 35.5. The quantitative estimate of drug-likeness (QED) is 0.502. The molecule has 25 heavy (non-hydrogen) atoms. The lowest BCUT2D eigenvalue weighted by Crippen LogP contribution is -2.16. The number of benzene rings is 2. The Bertz CT molecular complexity index is 835. The van der Waals surface area contributed by atoms with Crippen LogP contribution in [0.2, 0.25) is 10.0 Å². The molecule has 0 aliphatic rings. The summed E-state index contributed by atoms with van der Waals surface area (Å²) in [5.74, 6) is 1.00. The van der Waals surface area contributed by atoms with E-state index in [1.807, 2.05) is 18.2 Å². The normalized spacial score (nSPS) is 10.5. The number of furan rings is 1. The lowest BCUT2D eigenvalue weighted by molar-refractivity contribution is 0.491. The SMILES string of the molecule is Cl.Fc1ccccc1-c1ccc(CNCCc2ccc(Cl)cc2Cl)o1. The highest BCUT2D eigenvalue weighted by Crippen LogP contribution is 2.25. The minimum absolute atomic E-state index is 0. The highest BCUT2D eigenvalue weighted by molar-refractivity contribution is 6.35. The molecule has 3 rings (SSSR count). The van der Waals surface area contributed by atoms with Gasteiger partial charge in [0.15, 0.2) is 0 Å². The van der Waals surface area contributed by atoms with Gasteiger partial charge < -0.3 is 9.73 Å². The zero-order valence-electron chi connectivity index (χ0n) is 13.3. The molecule has 3 aromatic rings. The Morgan fingerprint density at radius 2 is 1.80 bits per heavy atom. The van der Waals surface area contributed by atoms with E-state index in [-0.39, 0.29) is 18.2 Å². The van der Waals surface area contributed by atoms with Crippen LogP contribution in [0, 0.1) is 5.82 Å². The first kappa shape index (κ1) is 19.8. The zero-order valence-corrected chi connectivity index (χ0v) is 15.6. The van der Waals surface area contributed by atoms with Crippen LogP contribution in [-0.4, -0.2) is 6.54 Å². The van der Waals surface area contributed by atoms with Crippen molar-refractivity contribution in [3.8, 4) is 11.3 Å². The first-order valence-electron chi connectivity index (χ1n) is 7.62. The monoisotopic (exact) mass is 399 g/mol. The van der Waals surface area contributed by atoms with Crippen molar-refractivity contribution in [3.05, 3.63) is 81.8 Å². The molecule has 2 aromatic carbocycles. The van der Waals surface area contributed by atoms with E-state index in [4.69, 9.17) is 27.6 Å². The molecule has 0 radical (unpaired) electrons. The first-order chi connectivity index (χ1) is 11.6. The molecule has 1 heterocycles. The Morgan fingerprint density at radius 1 is 1.00 bits per heavy atom. The van der Waals surface area contributed by atoms with Crippen molar-refractivity contribution in [3.63, 3.8) is 0 Å². The van der Waals surface area contributed by atoms with Gasteiger partial charge in [0.25, 0.3) is 0 Å². The number of rotatable bonds is 6. The lowest BCUT2D eigenvalue weighted by Gasteiger charge is -2.06. The second-order valence-corrected chi connectivity index (χ2v) is 6.25. The molecule has 0 fully saturated rings. The average Bonchev–Trinajstić information content (AvgIpc) is 3.02. The zero-order chi connectivity index (χ0) is 16.9. The number of hydrogen-bond donors (Lipinski definition) is 1. The Labute approximate surface area is 162 Å². The van der Waals surface area contributed by atoms with Crippen LogP contribution in [0.25, 0.3) is 11.3 Å². The number of halogens is 4. The van der Waals surface area contributed by atoms with E-state index >= 15 is 0 Å². The maximum atomic E-state index is 13.7. The van der Waals surface area contributed by atoms with Gasteiger partial charge in [0.05, 0.1) is 12.1 Å². The van der Waals surface area contributed by atoms with Crippen LogP contribution in [-0.2, 0) is 13.0 Å². The number of hydrogen-bond acceptors (Lipinski definition) is 2. The summed E-state index contributed by atoms with van der Waals surface area (Å²) in [6.07, 6.45) is 0.789. The predicted molar refractivity (Wildman–Crippen MR) is 103 cm³/mol. The van der Waals surface area contributed by atoms with Crippen molar-refractivity contribution in [2.24, 2.45) is 0 Å². The van der Waals surface area contributed by atoms with Crippen LogP contribution in [0.15, 0.2) is 59.0 Å². The molecule has 0 atom stereocenters. The Kier molecular flexibility index (Phi) is 7.33. The summed E-state index contributed by atoms with van der Waals surface area (Å²) in [5, 5.41) is 4.60. The molecule has 0 spiro atoms. The highest BCUT2D eigenvalue weighted by Gasteiger charge is 2.09. The van der Waals surface area contributed by atoms with E-state index in [0.29, 0.717) is 27.9 Å². The molecule has 0 bridgehead atoms. The van der Waals surface area contributed by atoms with Gasteiger partial charge >= 0.3 is 0 Å². The molecule has 0 aliphatic heterocycles. The summed E-state index contributed by atoms with van der Waals surface area (Å²) >= 11 is 12.0. The lowest BCUT2D eigenvalue weighted by atomic mass is 10.1. The third-order valence-corrected chi connectivity index (χ3v) is 4.27. The first-order valence-corrected chi connectivity index (χ1v) is 8.37. The molecule has 1 aromatic heterocycles. The van der Waals surface area contributed by atoms with Crippen molar-refractivity contribution in [2.45, 2.75) is 13.0 Å². The molecule has 0 aliphatic carbocycles. The summed E-state index contributed by atoms with van der Waals surface area (Å²) in [7, 11) is 0. The predicted octanol–water partition coefficient (Wildman–Crippen LogP) is 6.15. The van der Waals surface area contributed by atoms with Gasteiger partial charge in [-0.15, -0.1) is 12.4 Å². The van der Waals surface area contributed by atoms with E-state index in [9.17, 15) is 4.39 Å². The Hall–Kier alpha value is -1.52. The van der Waals surface area contributed by atoms with E-state index < -0.39 is 0 Å². The molecular formula is C19H17Cl3FNO. The van der Waals surface area contributed by atoms with Crippen LogP contribution in [0.5, 0.6) is 0 Å². The van der Waals surface area contributed by atoms with E-state index in [2.05, 4.69) is 5.32 Å². The minimum atomic E-state index is -0.288. The number of nitrogens with one attached hydrogen (secondary N) is 1. The molecule has 1 N–H and O–H groups in total. The molecule has 0 saturated carbocycles. The second kappa shape index (κ2) is 9.25. The standard InChI is InChI=1S/C19H16Cl2FNO.ClH/c20-14-6-5-13(17(21)11-14)9-10-23-12-15-7-8-19(24-15)16-3-1-2-4-18(16)22;/h1-8,11,23H,9-10,12H2;1H. The summed E-state index contributed by atoms with van der Waals surface area (Å²) in [4.78, 5) is 0. The van der Waals surface area contributed by atoms with Gasteiger partial charge in [0, 0.05) is 10.0 Å². The fourth-order valence-corrected chi connectivity index (χ4v) is 2.94. The van der Waals surface area contributed by atoms with Gasteiger partial charge in [-0.3, -0.25) is 0 Å². The summed E-state index contributed by atoms with van der Waals surface area (Å²) in [6.45, 7) is 1.32. The molecule has 6 heteroatoms. The van der Waals surface area contributed by atoms with Crippen molar-refractivity contribution < 1.29 is 8.81 Å². The van der Waals surface area contributed by atoms with E-state index in [1.54, 1.807) is 30.3 Å². The summed E-state index contributed by atoms with van der Waals surface area (Å²) in [5.41, 5.74) is 1.51. The fourth-order valence-electron chi connectivity index (χ4n) is 2.44. The third kappa shape index (κ3) is 5.23. The summed E-state index contributed by atoms with van der Waals surface area (Å²) < 4.78 is 19.4. The second-order valence-electron chi connectivity index (χ2n) is 5.41.